The molecule has 0 bridgehead atoms. The molecule has 1 rings (SSSR count). The molecule has 0 aliphatic rings. The predicted molar refractivity (Wildman–Crippen MR) is 87.9 cm³/mol. The summed E-state index contributed by atoms with van der Waals surface area (Å²) in [6.07, 6.45) is 0. The highest BCUT2D eigenvalue weighted by Crippen LogP contribution is 2.26. The fourth-order valence-corrected chi connectivity index (χ4v) is 3.36. The van der Waals surface area contributed by atoms with Crippen molar-refractivity contribution >= 4 is 31.6 Å². The quantitative estimate of drug-likeness (QED) is 0.523. The van der Waals surface area contributed by atoms with Gasteiger partial charge in [0.05, 0.1) is 18.1 Å². The van der Waals surface area contributed by atoms with Gasteiger partial charge in [0.2, 0.25) is 10.0 Å². The van der Waals surface area contributed by atoms with Crippen LogP contribution >= 0.6 is 15.9 Å². The lowest BCUT2D eigenvalue weighted by Crippen LogP contribution is -2.29. The van der Waals surface area contributed by atoms with Crippen molar-refractivity contribution in [2.75, 3.05) is 46.1 Å². The molecule has 0 amide bonds. The van der Waals surface area contributed by atoms with Gasteiger partial charge in [-0.25, -0.2) is 13.1 Å². The van der Waals surface area contributed by atoms with Crippen LogP contribution in [0.4, 0.5) is 5.69 Å². The van der Waals surface area contributed by atoms with Crippen molar-refractivity contribution in [2.24, 2.45) is 0 Å². The van der Waals surface area contributed by atoms with Gasteiger partial charge in [-0.1, -0.05) is 0 Å². The smallest absolute Gasteiger partial charge is 0.240 e. The lowest BCUT2D eigenvalue weighted by atomic mass is 10.2. The van der Waals surface area contributed by atoms with Crippen LogP contribution in [0.3, 0.4) is 0 Å². The van der Waals surface area contributed by atoms with E-state index in [4.69, 9.17) is 10.5 Å². The Kier molecular flexibility index (Phi) is 7.08. The number of ether oxygens (including phenoxy) is 1. The Morgan fingerprint density at radius 2 is 2.00 bits per heavy atom. The zero-order valence-electron chi connectivity index (χ0n) is 12.5. The van der Waals surface area contributed by atoms with Crippen molar-refractivity contribution in [3.05, 3.63) is 22.2 Å². The van der Waals surface area contributed by atoms with E-state index in [-0.39, 0.29) is 11.4 Å². The molecule has 1 aromatic rings. The molecule has 3 N–H and O–H groups in total. The van der Waals surface area contributed by atoms with Crippen LogP contribution < -0.4 is 10.5 Å². The second-order valence-electron chi connectivity index (χ2n) is 4.95. The number of nitrogens with two attached hydrogens (primary N) is 1. The zero-order valence-corrected chi connectivity index (χ0v) is 14.9. The summed E-state index contributed by atoms with van der Waals surface area (Å²) in [7, 11) is 0.327. The van der Waals surface area contributed by atoms with Crippen LogP contribution in [0, 0.1) is 6.92 Å². The van der Waals surface area contributed by atoms with Crippen LogP contribution in [0.15, 0.2) is 21.5 Å². The minimum absolute atomic E-state index is 0.191. The summed E-state index contributed by atoms with van der Waals surface area (Å²) in [5.41, 5.74) is 6.77. The average Bonchev–Trinajstić information content (AvgIpc) is 2.37. The maximum Gasteiger partial charge on any atom is 0.240 e. The second kappa shape index (κ2) is 8.09. The number of anilines is 1. The summed E-state index contributed by atoms with van der Waals surface area (Å²) in [4.78, 5) is 2.19. The van der Waals surface area contributed by atoms with Gasteiger partial charge < -0.3 is 15.4 Å². The van der Waals surface area contributed by atoms with Crippen molar-refractivity contribution in [1.82, 2.24) is 9.62 Å². The highest BCUT2D eigenvalue weighted by atomic mass is 79.9. The molecule has 0 saturated carbocycles. The lowest BCUT2D eigenvalue weighted by molar-refractivity contribution is 0.122. The van der Waals surface area contributed by atoms with E-state index in [0.29, 0.717) is 28.9 Å². The second-order valence-corrected chi connectivity index (χ2v) is 7.54. The fourth-order valence-electron chi connectivity index (χ4n) is 1.63. The molecule has 0 unspecified atom stereocenters. The summed E-state index contributed by atoms with van der Waals surface area (Å²) in [5, 5.41) is 0. The third kappa shape index (κ3) is 5.91. The lowest BCUT2D eigenvalue weighted by Gasteiger charge is -2.12. The predicted octanol–water partition coefficient (Wildman–Crippen LogP) is 1.20. The Hall–Kier alpha value is -0.670. The molecule has 8 heteroatoms. The molecule has 0 heterocycles. The first-order valence-corrected chi connectivity index (χ1v) is 8.79. The molecule has 21 heavy (non-hydrogen) atoms. The molecule has 6 nitrogen and oxygen atoms in total. The van der Waals surface area contributed by atoms with Crippen LogP contribution in [0.1, 0.15) is 5.56 Å². The Labute approximate surface area is 134 Å². The maximum absolute atomic E-state index is 12.2. The minimum atomic E-state index is -3.57. The van der Waals surface area contributed by atoms with Gasteiger partial charge in [-0.15, -0.1) is 0 Å². The molecule has 120 valence electrons. The summed E-state index contributed by atoms with van der Waals surface area (Å²) in [6, 6.07) is 3.14. The standard InChI is InChI=1S/C13H22BrN3O3S/c1-10-8-11(14)12(15)9-13(10)21(18,19)16-4-6-20-7-5-17(2)3/h8-9,16H,4-7,15H2,1-3H3. The van der Waals surface area contributed by atoms with Crippen LogP contribution in [0.25, 0.3) is 0 Å². The van der Waals surface area contributed by atoms with Gasteiger partial charge in [-0.2, -0.15) is 0 Å². The number of likely N-dealkylation sites (N-methyl/N-ethyl adjacent to an activating group) is 1. The Morgan fingerprint density at radius 1 is 1.33 bits per heavy atom. The van der Waals surface area contributed by atoms with Gasteiger partial charge in [-0.3, -0.25) is 0 Å². The third-order valence-electron chi connectivity index (χ3n) is 2.81. The first-order valence-electron chi connectivity index (χ1n) is 6.52. The van der Waals surface area contributed by atoms with E-state index in [1.54, 1.807) is 13.0 Å². The molecular formula is C13H22BrN3O3S. The molecular weight excluding hydrogens is 358 g/mol. The zero-order chi connectivity index (χ0) is 16.0. The van der Waals surface area contributed by atoms with Crippen LogP contribution in [-0.2, 0) is 14.8 Å². The fraction of sp³-hybridized carbons (Fsp3) is 0.538. The van der Waals surface area contributed by atoms with Crippen LogP contribution in [0.5, 0.6) is 0 Å². The van der Waals surface area contributed by atoms with Gasteiger partial charge >= 0.3 is 0 Å². The van der Waals surface area contributed by atoms with Crippen molar-refractivity contribution < 1.29 is 13.2 Å². The minimum Gasteiger partial charge on any atom is -0.398 e. The number of rotatable bonds is 8. The summed E-state index contributed by atoms with van der Waals surface area (Å²) in [6.45, 7) is 3.66. The van der Waals surface area contributed by atoms with Gasteiger partial charge in [0.1, 0.15) is 0 Å². The summed E-state index contributed by atoms with van der Waals surface area (Å²) in [5.74, 6) is 0. The van der Waals surface area contributed by atoms with E-state index < -0.39 is 10.0 Å². The number of hydrogen-bond donors (Lipinski definition) is 2. The molecule has 0 aliphatic heterocycles. The highest BCUT2D eigenvalue weighted by molar-refractivity contribution is 9.10. The number of halogens is 1. The molecule has 0 saturated heterocycles. The van der Waals surface area contributed by atoms with Gasteiger partial charge in [0.25, 0.3) is 0 Å². The van der Waals surface area contributed by atoms with Crippen LogP contribution in [-0.4, -0.2) is 53.7 Å². The maximum atomic E-state index is 12.2. The SMILES string of the molecule is Cc1cc(Br)c(N)cc1S(=O)(=O)NCCOCCN(C)C. The van der Waals surface area contributed by atoms with Crippen molar-refractivity contribution in [2.45, 2.75) is 11.8 Å². The summed E-state index contributed by atoms with van der Waals surface area (Å²) >= 11 is 3.28. The van der Waals surface area contributed by atoms with E-state index in [0.717, 1.165) is 6.54 Å². The van der Waals surface area contributed by atoms with Gasteiger partial charge in [0, 0.05) is 23.2 Å². The normalized spacial score (nSPS) is 12.0. The monoisotopic (exact) mass is 379 g/mol. The largest absolute Gasteiger partial charge is 0.398 e. The summed E-state index contributed by atoms with van der Waals surface area (Å²) < 4.78 is 33.0. The Morgan fingerprint density at radius 3 is 2.62 bits per heavy atom. The third-order valence-corrected chi connectivity index (χ3v) is 5.09. The topological polar surface area (TPSA) is 84.7 Å². The van der Waals surface area contributed by atoms with Crippen molar-refractivity contribution in [3.63, 3.8) is 0 Å². The Balaban J connectivity index is 2.56. The van der Waals surface area contributed by atoms with Gasteiger partial charge in [-0.05, 0) is 54.6 Å². The number of nitrogens with one attached hydrogen (secondary N) is 1. The number of benzene rings is 1. The van der Waals surface area contributed by atoms with E-state index in [2.05, 4.69) is 20.7 Å². The Bertz CT molecular complexity index is 576. The van der Waals surface area contributed by atoms with E-state index in [1.165, 1.54) is 6.07 Å². The molecule has 0 spiro atoms. The molecule has 0 aromatic heterocycles. The first-order chi connectivity index (χ1) is 9.74. The number of hydrogen-bond acceptors (Lipinski definition) is 5. The molecule has 1 aromatic carbocycles. The number of nitrogen functional groups attached to an aromatic ring is 1. The number of sulfonamides is 1. The average molecular weight is 380 g/mol. The van der Waals surface area contributed by atoms with E-state index >= 15 is 0 Å². The van der Waals surface area contributed by atoms with Gasteiger partial charge in [0.15, 0.2) is 0 Å². The van der Waals surface area contributed by atoms with Crippen molar-refractivity contribution in [3.8, 4) is 0 Å². The van der Waals surface area contributed by atoms with E-state index in [9.17, 15) is 8.42 Å². The first kappa shape index (κ1) is 18.4. The van der Waals surface area contributed by atoms with E-state index in [1.807, 2.05) is 19.0 Å². The van der Waals surface area contributed by atoms with Crippen molar-refractivity contribution in [1.29, 1.82) is 0 Å². The molecule has 0 fully saturated rings. The van der Waals surface area contributed by atoms with Crippen LogP contribution in [0.2, 0.25) is 0 Å². The molecule has 0 radical (unpaired) electrons. The molecule has 0 atom stereocenters. The number of aryl methyl sites for hydroxylation is 1. The number of nitrogens with zero attached hydrogens (tertiary/aromatic N) is 1. The highest BCUT2D eigenvalue weighted by Gasteiger charge is 2.17. The molecule has 0 aliphatic carbocycles.